The first kappa shape index (κ1) is 25.6. The minimum absolute atomic E-state index is 0.634. The van der Waals surface area contributed by atoms with Gasteiger partial charge in [-0.15, -0.1) is 6.58 Å². The maximum absolute atomic E-state index is 13.3. The van der Waals surface area contributed by atoms with Crippen LogP contribution in [0.15, 0.2) is 25.1 Å². The number of hydrogen-bond donors (Lipinski definition) is 0. The molecule has 13 heteroatoms. The summed E-state index contributed by atoms with van der Waals surface area (Å²) in [5.41, 5.74) is -5.04. The fraction of sp³-hybridized carbons (Fsp3) is 0.714. The van der Waals surface area contributed by atoms with Gasteiger partial charge in [0.25, 0.3) is 5.60 Å². The van der Waals surface area contributed by atoms with Gasteiger partial charge >= 0.3 is 24.7 Å². The Balaban J connectivity index is 5.77. The van der Waals surface area contributed by atoms with E-state index in [0.29, 0.717) is 6.08 Å². The van der Waals surface area contributed by atoms with Gasteiger partial charge in [-0.1, -0.05) is 12.7 Å². The van der Waals surface area contributed by atoms with Crippen molar-refractivity contribution in [1.82, 2.24) is 0 Å². The quantitative estimate of drug-likeness (QED) is 0.181. The van der Waals surface area contributed by atoms with Crippen molar-refractivity contribution in [2.24, 2.45) is 5.92 Å². The summed E-state index contributed by atoms with van der Waals surface area (Å²) in [6.45, 7) is 1.32. The van der Waals surface area contributed by atoms with Crippen LogP contribution in [0.25, 0.3) is 0 Å². The number of rotatable bonds is 11. The molecule has 0 rings (SSSR count). The lowest BCUT2D eigenvalue weighted by molar-refractivity contribution is -0.410. The third kappa shape index (κ3) is 6.33. The molecule has 1 unspecified atom stereocenters. The first-order valence-electron chi connectivity index (χ1n) is 6.98. The molecule has 0 saturated carbocycles. The summed E-state index contributed by atoms with van der Waals surface area (Å²) in [6.07, 6.45) is -18.5. The maximum atomic E-state index is 13.3. The van der Waals surface area contributed by atoms with Crippen LogP contribution in [0, 0.1) is 5.92 Å². The van der Waals surface area contributed by atoms with E-state index in [9.17, 15) is 48.3 Å². The first-order valence-corrected chi connectivity index (χ1v) is 6.98. The van der Waals surface area contributed by atoms with Crippen molar-refractivity contribution in [1.29, 1.82) is 0 Å². The molecule has 0 aromatic carbocycles. The maximum Gasteiger partial charge on any atom is 0.426 e. The average Bonchev–Trinajstić information content (AvgIpc) is 2.43. The van der Waals surface area contributed by atoms with Crippen molar-refractivity contribution < 1.29 is 57.8 Å². The van der Waals surface area contributed by atoms with Crippen LogP contribution in [-0.2, 0) is 9.47 Å². The van der Waals surface area contributed by atoms with Gasteiger partial charge in [-0.2, -0.15) is 35.1 Å². The average molecular weight is 424 g/mol. The van der Waals surface area contributed by atoms with Crippen LogP contribution >= 0.6 is 0 Å². The second-order valence-electron chi connectivity index (χ2n) is 5.35. The second kappa shape index (κ2) is 9.22. The lowest BCUT2D eigenvalue weighted by atomic mass is 9.80. The van der Waals surface area contributed by atoms with Crippen LogP contribution in [0.5, 0.6) is 0 Å². The van der Waals surface area contributed by atoms with Gasteiger partial charge in [0.2, 0.25) is 0 Å². The zero-order chi connectivity index (χ0) is 21.7. The molecule has 0 saturated heterocycles. The number of allylic oxidation sites excluding steroid dienone is 2. The Labute approximate surface area is 146 Å². The number of alkyl halides is 10. The molecule has 0 heterocycles. The molecule has 0 aliphatic carbocycles. The molecule has 0 bridgehead atoms. The summed E-state index contributed by atoms with van der Waals surface area (Å²) in [5.74, 6) is -9.02. The van der Waals surface area contributed by atoms with E-state index in [4.69, 9.17) is 0 Å². The predicted octanol–water partition coefficient (Wildman–Crippen LogP) is 5.81. The fourth-order valence-corrected chi connectivity index (χ4v) is 2.14. The summed E-state index contributed by atoms with van der Waals surface area (Å²) in [6, 6.07) is 0. The van der Waals surface area contributed by atoms with E-state index >= 15 is 0 Å². The van der Waals surface area contributed by atoms with Gasteiger partial charge in [-0.25, -0.2) is 13.2 Å². The molecule has 0 aromatic rings. The largest absolute Gasteiger partial charge is 0.426 e. The second-order valence-corrected chi connectivity index (χ2v) is 5.35. The van der Waals surface area contributed by atoms with E-state index in [0.717, 1.165) is 0 Å². The highest BCUT2D eigenvalue weighted by atomic mass is 19.4. The van der Waals surface area contributed by atoms with Gasteiger partial charge in [-0.05, 0) is 6.42 Å². The zero-order valence-electron chi connectivity index (χ0n) is 13.4. The van der Waals surface area contributed by atoms with E-state index < -0.39 is 68.3 Å². The molecule has 0 radical (unpaired) electrons. The fourth-order valence-electron chi connectivity index (χ4n) is 2.14. The third-order valence-electron chi connectivity index (χ3n) is 3.32. The molecule has 0 aliphatic heterocycles. The molecule has 160 valence electrons. The van der Waals surface area contributed by atoms with Gasteiger partial charge in [-0.3, -0.25) is 0 Å². The lowest BCUT2D eigenvalue weighted by Gasteiger charge is -2.42. The van der Waals surface area contributed by atoms with Crippen molar-refractivity contribution in [2.45, 2.75) is 43.1 Å². The van der Waals surface area contributed by atoms with Crippen LogP contribution in [0.2, 0.25) is 0 Å². The SMILES string of the molecule is C=CCC(CC(=C)F)C(OCOCC(F)(F)C(F)F)(C(F)(F)F)C(F)(F)F. The minimum Gasteiger partial charge on any atom is -0.349 e. The van der Waals surface area contributed by atoms with Crippen LogP contribution in [0.4, 0.5) is 48.3 Å². The first-order chi connectivity index (χ1) is 12.0. The topological polar surface area (TPSA) is 18.5 Å². The normalized spacial score (nSPS) is 15.1. The summed E-state index contributed by atoms with van der Waals surface area (Å²) >= 11 is 0. The molecule has 0 aromatic heterocycles. The number of halogens is 11. The van der Waals surface area contributed by atoms with Gasteiger partial charge in [0, 0.05) is 12.3 Å². The van der Waals surface area contributed by atoms with Crippen molar-refractivity contribution in [3.05, 3.63) is 25.1 Å². The molecule has 2 nitrogen and oxygen atoms in total. The van der Waals surface area contributed by atoms with Crippen molar-refractivity contribution in [2.75, 3.05) is 13.4 Å². The minimum atomic E-state index is -6.19. The summed E-state index contributed by atoms with van der Waals surface area (Å²) < 4.78 is 150. The standard InChI is InChI=1S/C14H15F11O2/c1-3-4-9(5-8(2)15)12(13(20,21)22,14(23,24)25)27-7-26-6-11(18,19)10(16)17/h3,9-10H,1-2,4-7H2. The van der Waals surface area contributed by atoms with E-state index in [2.05, 4.69) is 22.6 Å². The molecule has 1 atom stereocenters. The predicted molar refractivity (Wildman–Crippen MR) is 70.9 cm³/mol. The van der Waals surface area contributed by atoms with E-state index in [1.165, 1.54) is 0 Å². The van der Waals surface area contributed by atoms with Gasteiger partial charge in [0.15, 0.2) is 0 Å². The van der Waals surface area contributed by atoms with E-state index in [1.807, 2.05) is 0 Å². The zero-order valence-corrected chi connectivity index (χ0v) is 13.4. The molecular weight excluding hydrogens is 409 g/mol. The van der Waals surface area contributed by atoms with Crippen LogP contribution in [0.1, 0.15) is 12.8 Å². The smallest absolute Gasteiger partial charge is 0.349 e. The summed E-state index contributed by atoms with van der Waals surface area (Å²) in [7, 11) is 0. The van der Waals surface area contributed by atoms with Crippen LogP contribution in [-0.4, -0.2) is 43.7 Å². The molecule has 0 spiro atoms. The van der Waals surface area contributed by atoms with E-state index in [-0.39, 0.29) is 0 Å². The highest BCUT2D eigenvalue weighted by molar-refractivity contribution is 5.06. The summed E-state index contributed by atoms with van der Waals surface area (Å²) in [5, 5.41) is 0. The Bertz CT molecular complexity index is 482. The van der Waals surface area contributed by atoms with Crippen molar-refractivity contribution in [3.63, 3.8) is 0 Å². The molecule has 0 amide bonds. The molecule has 0 aliphatic rings. The molecule has 27 heavy (non-hydrogen) atoms. The number of hydrogen-bond acceptors (Lipinski definition) is 2. The van der Waals surface area contributed by atoms with Gasteiger partial charge < -0.3 is 9.47 Å². The van der Waals surface area contributed by atoms with E-state index in [1.54, 1.807) is 0 Å². The third-order valence-corrected chi connectivity index (χ3v) is 3.32. The van der Waals surface area contributed by atoms with Crippen LogP contribution < -0.4 is 0 Å². The highest BCUT2D eigenvalue weighted by Gasteiger charge is 2.75. The van der Waals surface area contributed by atoms with Gasteiger partial charge in [0.1, 0.15) is 13.4 Å². The van der Waals surface area contributed by atoms with Crippen molar-refractivity contribution in [3.8, 4) is 0 Å². The molecular formula is C14H15F11O2. The monoisotopic (exact) mass is 424 g/mol. The Morgan fingerprint density at radius 3 is 1.78 bits per heavy atom. The Morgan fingerprint density at radius 2 is 1.44 bits per heavy atom. The lowest BCUT2D eigenvalue weighted by Crippen LogP contribution is -2.63. The summed E-state index contributed by atoms with van der Waals surface area (Å²) in [4.78, 5) is 0. The molecule has 0 fully saturated rings. The van der Waals surface area contributed by atoms with Gasteiger partial charge in [0.05, 0.1) is 5.83 Å². The van der Waals surface area contributed by atoms with Crippen molar-refractivity contribution >= 4 is 0 Å². The highest BCUT2D eigenvalue weighted by Crippen LogP contribution is 2.53. The Kier molecular flexibility index (Phi) is 8.75. The Hall–Kier alpha value is -1.37. The Morgan fingerprint density at radius 1 is 0.963 bits per heavy atom. The molecule has 0 N–H and O–H groups in total. The van der Waals surface area contributed by atoms with Crippen LogP contribution in [0.3, 0.4) is 0 Å². The number of ether oxygens (including phenoxy) is 2.